The molecule has 0 bridgehead atoms. The van der Waals surface area contributed by atoms with Crippen molar-refractivity contribution in [3.8, 4) is 0 Å². The first-order valence-electron chi connectivity index (χ1n) is 6.17. The SMILES string of the molecule is C=[C]c1cc(CC(C)C)cc(CC(C)C)c1. The van der Waals surface area contributed by atoms with Crippen molar-refractivity contribution in [3.05, 3.63) is 47.5 Å². The molecule has 0 nitrogen and oxygen atoms in total. The predicted molar refractivity (Wildman–Crippen MR) is 71.5 cm³/mol. The Labute approximate surface area is 100 Å². The molecular weight excluding hydrogens is 192 g/mol. The third kappa shape index (κ3) is 4.22. The molecule has 87 valence electrons. The zero-order valence-electron chi connectivity index (χ0n) is 11.0. The van der Waals surface area contributed by atoms with E-state index < -0.39 is 0 Å². The molecule has 0 heterocycles. The molecule has 16 heavy (non-hydrogen) atoms. The Balaban J connectivity index is 2.95. The predicted octanol–water partition coefficient (Wildman–Crippen LogP) is 4.42. The summed E-state index contributed by atoms with van der Waals surface area (Å²) in [4.78, 5) is 0. The van der Waals surface area contributed by atoms with Gasteiger partial charge in [0.25, 0.3) is 0 Å². The van der Waals surface area contributed by atoms with Crippen molar-refractivity contribution in [1.29, 1.82) is 0 Å². The zero-order chi connectivity index (χ0) is 12.1. The first-order valence-corrected chi connectivity index (χ1v) is 6.17. The molecule has 0 aliphatic rings. The molecule has 1 aromatic carbocycles. The van der Waals surface area contributed by atoms with Crippen LogP contribution in [0.1, 0.15) is 44.4 Å². The lowest BCUT2D eigenvalue weighted by Crippen LogP contribution is -1.99. The van der Waals surface area contributed by atoms with E-state index in [0.717, 1.165) is 18.4 Å². The molecule has 0 aromatic heterocycles. The molecule has 0 spiro atoms. The normalized spacial score (nSPS) is 11.1. The first kappa shape index (κ1) is 13.0. The lowest BCUT2D eigenvalue weighted by atomic mass is 9.94. The van der Waals surface area contributed by atoms with Crippen LogP contribution in [0.4, 0.5) is 0 Å². The Morgan fingerprint density at radius 3 is 1.69 bits per heavy atom. The molecular formula is C16H23. The van der Waals surface area contributed by atoms with Crippen LogP contribution < -0.4 is 0 Å². The molecule has 0 saturated carbocycles. The van der Waals surface area contributed by atoms with Gasteiger partial charge in [-0.05, 0) is 47.4 Å². The fraction of sp³-hybridized carbons (Fsp3) is 0.500. The molecule has 1 aromatic rings. The quantitative estimate of drug-likeness (QED) is 0.682. The van der Waals surface area contributed by atoms with E-state index in [1.54, 1.807) is 0 Å². The van der Waals surface area contributed by atoms with Crippen LogP contribution in [0.5, 0.6) is 0 Å². The summed E-state index contributed by atoms with van der Waals surface area (Å²) in [5.74, 6) is 1.40. The van der Waals surface area contributed by atoms with Crippen LogP contribution in [0.2, 0.25) is 0 Å². The highest BCUT2D eigenvalue weighted by atomic mass is 14.1. The van der Waals surface area contributed by atoms with E-state index in [4.69, 9.17) is 0 Å². The third-order valence-electron chi connectivity index (χ3n) is 2.54. The minimum atomic E-state index is 0.701. The van der Waals surface area contributed by atoms with Gasteiger partial charge in [0.15, 0.2) is 0 Å². The van der Waals surface area contributed by atoms with Gasteiger partial charge < -0.3 is 0 Å². The van der Waals surface area contributed by atoms with Crippen molar-refractivity contribution in [2.75, 3.05) is 0 Å². The molecule has 0 unspecified atom stereocenters. The van der Waals surface area contributed by atoms with Gasteiger partial charge in [-0.2, -0.15) is 0 Å². The lowest BCUT2D eigenvalue weighted by Gasteiger charge is -2.11. The number of hydrogen-bond acceptors (Lipinski definition) is 0. The lowest BCUT2D eigenvalue weighted by molar-refractivity contribution is 0.635. The van der Waals surface area contributed by atoms with Gasteiger partial charge in [-0.25, -0.2) is 0 Å². The van der Waals surface area contributed by atoms with Crippen molar-refractivity contribution in [2.24, 2.45) is 11.8 Å². The minimum absolute atomic E-state index is 0.701. The monoisotopic (exact) mass is 215 g/mol. The third-order valence-corrected chi connectivity index (χ3v) is 2.54. The van der Waals surface area contributed by atoms with Gasteiger partial charge >= 0.3 is 0 Å². The molecule has 0 heteroatoms. The van der Waals surface area contributed by atoms with Crippen molar-refractivity contribution in [3.63, 3.8) is 0 Å². The second kappa shape index (κ2) is 5.89. The summed E-state index contributed by atoms with van der Waals surface area (Å²) in [5.41, 5.74) is 3.97. The van der Waals surface area contributed by atoms with Crippen LogP contribution in [0, 0.1) is 17.9 Å². The Bertz CT molecular complexity index is 317. The summed E-state index contributed by atoms with van der Waals surface area (Å²) in [6, 6.07) is 6.74. The average molecular weight is 215 g/mol. The van der Waals surface area contributed by atoms with Gasteiger partial charge in [0.1, 0.15) is 0 Å². The fourth-order valence-electron chi connectivity index (χ4n) is 2.04. The Morgan fingerprint density at radius 1 is 0.938 bits per heavy atom. The van der Waals surface area contributed by atoms with Gasteiger partial charge in [0.2, 0.25) is 0 Å². The van der Waals surface area contributed by atoms with Crippen LogP contribution in [0.3, 0.4) is 0 Å². The van der Waals surface area contributed by atoms with E-state index >= 15 is 0 Å². The number of hydrogen-bond donors (Lipinski definition) is 0. The van der Waals surface area contributed by atoms with Crippen LogP contribution in [0.15, 0.2) is 24.8 Å². The molecule has 0 aliphatic carbocycles. The van der Waals surface area contributed by atoms with Gasteiger partial charge in [0.05, 0.1) is 0 Å². The molecule has 0 saturated heterocycles. The Kier molecular flexibility index (Phi) is 4.79. The van der Waals surface area contributed by atoms with Gasteiger partial charge in [0, 0.05) is 0 Å². The highest BCUT2D eigenvalue weighted by molar-refractivity contribution is 5.33. The van der Waals surface area contributed by atoms with E-state index in [-0.39, 0.29) is 0 Å². The maximum absolute atomic E-state index is 3.75. The van der Waals surface area contributed by atoms with Crippen LogP contribution in [-0.2, 0) is 12.8 Å². The van der Waals surface area contributed by atoms with Crippen molar-refractivity contribution in [1.82, 2.24) is 0 Å². The number of rotatable bonds is 5. The summed E-state index contributed by atoms with van der Waals surface area (Å²) in [7, 11) is 0. The maximum Gasteiger partial charge on any atom is -0.0178 e. The summed E-state index contributed by atoms with van der Waals surface area (Å²) in [5, 5.41) is 0. The van der Waals surface area contributed by atoms with E-state index in [2.05, 4.69) is 58.5 Å². The highest BCUT2D eigenvalue weighted by Gasteiger charge is 2.04. The topological polar surface area (TPSA) is 0 Å². The number of benzene rings is 1. The summed E-state index contributed by atoms with van der Waals surface area (Å²) >= 11 is 0. The van der Waals surface area contributed by atoms with Gasteiger partial charge in [-0.15, -0.1) is 0 Å². The summed E-state index contributed by atoms with van der Waals surface area (Å²) < 4.78 is 0. The van der Waals surface area contributed by atoms with E-state index in [0.29, 0.717) is 11.8 Å². The molecule has 0 fully saturated rings. The highest BCUT2D eigenvalue weighted by Crippen LogP contribution is 2.17. The Hall–Kier alpha value is -1.04. The van der Waals surface area contributed by atoms with Crippen molar-refractivity contribution >= 4 is 0 Å². The average Bonchev–Trinajstić information content (AvgIpc) is 2.14. The maximum atomic E-state index is 3.75. The molecule has 0 amide bonds. The largest absolute Gasteiger partial charge is 0.0906 e. The van der Waals surface area contributed by atoms with Crippen LogP contribution in [0.25, 0.3) is 0 Å². The van der Waals surface area contributed by atoms with E-state index in [9.17, 15) is 0 Å². The van der Waals surface area contributed by atoms with Crippen LogP contribution in [-0.4, -0.2) is 0 Å². The molecule has 0 N–H and O–H groups in total. The van der Waals surface area contributed by atoms with E-state index in [1.165, 1.54) is 11.1 Å². The summed E-state index contributed by atoms with van der Waals surface area (Å²) in [6.07, 6.45) is 5.28. The second-order valence-electron chi connectivity index (χ2n) is 5.41. The zero-order valence-corrected chi connectivity index (χ0v) is 11.0. The van der Waals surface area contributed by atoms with E-state index in [1.807, 2.05) is 0 Å². The minimum Gasteiger partial charge on any atom is -0.0906 e. The van der Waals surface area contributed by atoms with Crippen molar-refractivity contribution < 1.29 is 0 Å². The molecule has 0 aliphatic heterocycles. The molecule has 0 atom stereocenters. The van der Waals surface area contributed by atoms with Gasteiger partial charge in [-0.3, -0.25) is 0 Å². The van der Waals surface area contributed by atoms with Crippen molar-refractivity contribution in [2.45, 2.75) is 40.5 Å². The van der Waals surface area contributed by atoms with Gasteiger partial charge in [-0.1, -0.05) is 52.5 Å². The first-order chi connectivity index (χ1) is 7.51. The Morgan fingerprint density at radius 2 is 1.38 bits per heavy atom. The fourth-order valence-corrected chi connectivity index (χ4v) is 2.04. The smallest absolute Gasteiger partial charge is 0.0178 e. The summed E-state index contributed by atoms with van der Waals surface area (Å²) in [6.45, 7) is 12.8. The standard InChI is InChI=1S/C16H23/c1-6-14-9-15(7-12(2)3)11-16(10-14)8-13(4)5/h9-13H,1,7-8H2,2-5H3. The molecule has 1 rings (SSSR count). The van der Waals surface area contributed by atoms with Crippen LogP contribution >= 0.6 is 0 Å². The second-order valence-corrected chi connectivity index (χ2v) is 5.41. The molecule has 1 radical (unpaired) electrons.